The van der Waals surface area contributed by atoms with Crippen LogP contribution in [0.3, 0.4) is 0 Å². The standard InChI is InChI=1S/C9H11NOS/c1-8(6-10)4-5-9(2)11-7-12-3/h4-5H,1-2,7H2,3H3/b5-4-. The largest absolute Gasteiger partial charge is 0.484 e. The minimum atomic E-state index is 0.393. The molecule has 0 aromatic carbocycles. The van der Waals surface area contributed by atoms with Crippen LogP contribution >= 0.6 is 11.8 Å². The van der Waals surface area contributed by atoms with Gasteiger partial charge in [-0.05, 0) is 18.4 Å². The topological polar surface area (TPSA) is 33.0 Å². The molecule has 3 heteroatoms. The van der Waals surface area contributed by atoms with Gasteiger partial charge in [0.25, 0.3) is 0 Å². The Kier molecular flexibility index (Phi) is 5.94. The van der Waals surface area contributed by atoms with Gasteiger partial charge in [0.1, 0.15) is 11.7 Å². The quantitative estimate of drug-likeness (QED) is 0.283. The molecule has 0 saturated heterocycles. The second kappa shape index (κ2) is 6.56. The van der Waals surface area contributed by atoms with E-state index >= 15 is 0 Å². The molecule has 2 nitrogen and oxygen atoms in total. The van der Waals surface area contributed by atoms with E-state index in [-0.39, 0.29) is 0 Å². The van der Waals surface area contributed by atoms with Crippen molar-refractivity contribution in [3.05, 3.63) is 36.6 Å². The molecule has 0 aromatic rings. The third-order valence-corrected chi connectivity index (χ3v) is 1.33. The van der Waals surface area contributed by atoms with Crippen LogP contribution in [0.25, 0.3) is 0 Å². The van der Waals surface area contributed by atoms with E-state index in [1.54, 1.807) is 23.9 Å². The predicted octanol–water partition coefficient (Wildman–Crippen LogP) is 2.47. The average Bonchev–Trinajstić information content (AvgIpc) is 2.10. The number of allylic oxidation sites excluding steroid dienone is 3. The third-order valence-electron chi connectivity index (χ3n) is 0.976. The van der Waals surface area contributed by atoms with Crippen LogP contribution in [0.15, 0.2) is 36.6 Å². The lowest BCUT2D eigenvalue weighted by molar-refractivity contribution is 0.289. The monoisotopic (exact) mass is 181 g/mol. The van der Waals surface area contributed by atoms with Crippen molar-refractivity contribution in [1.29, 1.82) is 5.26 Å². The zero-order valence-corrected chi connectivity index (χ0v) is 7.86. The molecule has 0 aliphatic rings. The van der Waals surface area contributed by atoms with Crippen LogP contribution < -0.4 is 0 Å². The van der Waals surface area contributed by atoms with Gasteiger partial charge in [-0.1, -0.05) is 13.2 Å². The molecule has 0 spiro atoms. The van der Waals surface area contributed by atoms with E-state index in [4.69, 9.17) is 10.00 Å². The summed E-state index contributed by atoms with van der Waals surface area (Å²) < 4.78 is 5.12. The average molecular weight is 181 g/mol. The van der Waals surface area contributed by atoms with Crippen molar-refractivity contribution >= 4 is 11.8 Å². The van der Waals surface area contributed by atoms with Gasteiger partial charge in [0.05, 0.1) is 6.07 Å². The first-order valence-electron chi connectivity index (χ1n) is 3.28. The highest BCUT2D eigenvalue weighted by atomic mass is 32.2. The first-order valence-corrected chi connectivity index (χ1v) is 4.67. The van der Waals surface area contributed by atoms with Crippen molar-refractivity contribution in [3.63, 3.8) is 0 Å². The molecule has 0 atom stereocenters. The van der Waals surface area contributed by atoms with E-state index in [2.05, 4.69) is 13.2 Å². The molecule has 0 bridgehead atoms. The van der Waals surface area contributed by atoms with Gasteiger partial charge in [-0.15, -0.1) is 11.8 Å². The van der Waals surface area contributed by atoms with Gasteiger partial charge < -0.3 is 4.74 Å². The highest BCUT2D eigenvalue weighted by Gasteiger charge is 1.87. The summed E-state index contributed by atoms with van der Waals surface area (Å²) in [6, 6.07) is 1.89. The third kappa shape index (κ3) is 5.63. The normalized spacial score (nSPS) is 9.33. The van der Waals surface area contributed by atoms with Crippen LogP contribution in [0.4, 0.5) is 0 Å². The fourth-order valence-electron chi connectivity index (χ4n) is 0.414. The summed E-state index contributed by atoms with van der Waals surface area (Å²) >= 11 is 1.57. The maximum absolute atomic E-state index is 8.35. The number of ether oxygens (including phenoxy) is 1. The minimum Gasteiger partial charge on any atom is -0.484 e. The summed E-state index contributed by atoms with van der Waals surface area (Å²) in [6.07, 6.45) is 5.13. The molecule has 0 saturated carbocycles. The highest BCUT2D eigenvalue weighted by Crippen LogP contribution is 2.02. The number of rotatable bonds is 5. The fourth-order valence-corrected chi connectivity index (χ4v) is 0.683. The Bertz CT molecular complexity index is 237. The van der Waals surface area contributed by atoms with Crippen molar-refractivity contribution in [1.82, 2.24) is 0 Å². The molecule has 0 amide bonds. The number of thioether (sulfide) groups is 1. The van der Waals surface area contributed by atoms with E-state index in [1.807, 2.05) is 12.3 Å². The Morgan fingerprint density at radius 1 is 1.58 bits per heavy atom. The Labute approximate surface area is 77.2 Å². The molecule has 0 fully saturated rings. The molecule has 0 N–H and O–H groups in total. The smallest absolute Gasteiger partial charge is 0.133 e. The Morgan fingerprint density at radius 2 is 2.25 bits per heavy atom. The summed E-state index contributed by atoms with van der Waals surface area (Å²) in [5, 5.41) is 8.35. The molecule has 0 aromatic heterocycles. The van der Waals surface area contributed by atoms with Crippen LogP contribution in [-0.4, -0.2) is 12.2 Å². The van der Waals surface area contributed by atoms with Crippen molar-refractivity contribution in [3.8, 4) is 6.07 Å². The Hall–Kier alpha value is -1.14. The lowest BCUT2D eigenvalue weighted by atomic mass is 10.3. The van der Waals surface area contributed by atoms with Gasteiger partial charge in [-0.3, -0.25) is 0 Å². The molecular weight excluding hydrogens is 170 g/mol. The molecular formula is C9H11NOS. The molecule has 0 unspecified atom stereocenters. The fraction of sp³-hybridized carbons (Fsp3) is 0.222. The second-order valence-electron chi connectivity index (χ2n) is 1.99. The maximum Gasteiger partial charge on any atom is 0.133 e. The van der Waals surface area contributed by atoms with Gasteiger partial charge in [0.15, 0.2) is 0 Å². The van der Waals surface area contributed by atoms with E-state index in [9.17, 15) is 0 Å². The summed E-state index contributed by atoms with van der Waals surface area (Å²) in [6.45, 7) is 7.10. The Balaban J connectivity index is 3.77. The molecule has 0 rings (SSSR count). The van der Waals surface area contributed by atoms with Gasteiger partial charge in [0.2, 0.25) is 0 Å². The maximum atomic E-state index is 8.35. The number of nitrogens with zero attached hydrogens (tertiary/aromatic N) is 1. The van der Waals surface area contributed by atoms with Crippen LogP contribution in [0.2, 0.25) is 0 Å². The number of hydrogen-bond donors (Lipinski definition) is 0. The first kappa shape index (κ1) is 10.9. The second-order valence-corrected chi connectivity index (χ2v) is 2.80. The molecule has 0 heterocycles. The summed E-state index contributed by atoms with van der Waals surface area (Å²) in [7, 11) is 0. The number of nitriles is 1. The summed E-state index contributed by atoms with van der Waals surface area (Å²) in [4.78, 5) is 0. The Morgan fingerprint density at radius 3 is 2.75 bits per heavy atom. The summed E-state index contributed by atoms with van der Waals surface area (Å²) in [5.41, 5.74) is 0.393. The molecule has 0 aliphatic carbocycles. The van der Waals surface area contributed by atoms with Gasteiger partial charge in [-0.2, -0.15) is 5.26 Å². The predicted molar refractivity (Wildman–Crippen MR) is 52.5 cm³/mol. The van der Waals surface area contributed by atoms with E-state index < -0.39 is 0 Å². The van der Waals surface area contributed by atoms with Crippen LogP contribution in [0.1, 0.15) is 0 Å². The zero-order chi connectivity index (χ0) is 9.40. The minimum absolute atomic E-state index is 0.393. The van der Waals surface area contributed by atoms with Crippen LogP contribution in [0, 0.1) is 11.3 Å². The van der Waals surface area contributed by atoms with Crippen molar-refractivity contribution in [2.75, 3.05) is 12.2 Å². The highest BCUT2D eigenvalue weighted by molar-refractivity contribution is 7.98. The van der Waals surface area contributed by atoms with Gasteiger partial charge in [-0.25, -0.2) is 0 Å². The van der Waals surface area contributed by atoms with Crippen molar-refractivity contribution < 1.29 is 4.74 Å². The van der Waals surface area contributed by atoms with Crippen LogP contribution in [-0.2, 0) is 4.74 Å². The molecule has 64 valence electrons. The molecule has 0 radical (unpaired) electrons. The first-order chi connectivity index (χ1) is 5.70. The van der Waals surface area contributed by atoms with Crippen molar-refractivity contribution in [2.45, 2.75) is 0 Å². The van der Waals surface area contributed by atoms with Gasteiger partial charge in [0, 0.05) is 5.57 Å². The van der Waals surface area contributed by atoms with Crippen LogP contribution in [0.5, 0.6) is 0 Å². The molecule has 0 aliphatic heterocycles. The lowest BCUT2D eigenvalue weighted by Gasteiger charge is -2.01. The van der Waals surface area contributed by atoms with E-state index in [0.717, 1.165) is 0 Å². The molecule has 12 heavy (non-hydrogen) atoms. The summed E-state index contributed by atoms with van der Waals surface area (Å²) in [5.74, 6) is 1.11. The zero-order valence-electron chi connectivity index (χ0n) is 7.04. The van der Waals surface area contributed by atoms with Gasteiger partial charge >= 0.3 is 0 Å². The van der Waals surface area contributed by atoms with E-state index in [0.29, 0.717) is 17.3 Å². The van der Waals surface area contributed by atoms with E-state index in [1.165, 1.54) is 0 Å². The van der Waals surface area contributed by atoms with Crippen molar-refractivity contribution in [2.24, 2.45) is 0 Å². The SMILES string of the molecule is C=C(C#N)/C=C\C(=C)OCSC. The lowest BCUT2D eigenvalue weighted by Crippen LogP contribution is -1.85. The number of hydrogen-bond acceptors (Lipinski definition) is 3.